The maximum atomic E-state index is 10.8. The number of hydrogen-bond donors (Lipinski definition) is 0. The summed E-state index contributed by atoms with van der Waals surface area (Å²) in [5, 5.41) is 1.17. The summed E-state index contributed by atoms with van der Waals surface area (Å²) in [4.78, 5) is 10.8. The SMILES string of the molecule is Cc1ccc(-c2ccc(Cl)c(C=O)c2)cc1Cl. The molecule has 0 atom stereocenters. The first-order chi connectivity index (χ1) is 8.11. The van der Waals surface area contributed by atoms with Crippen LogP contribution in [-0.2, 0) is 0 Å². The van der Waals surface area contributed by atoms with E-state index in [0.29, 0.717) is 15.6 Å². The maximum absolute atomic E-state index is 10.8. The van der Waals surface area contributed by atoms with Gasteiger partial charge in [-0.1, -0.05) is 41.4 Å². The number of aryl methyl sites for hydroxylation is 1. The highest BCUT2D eigenvalue weighted by atomic mass is 35.5. The number of hydrogen-bond acceptors (Lipinski definition) is 1. The smallest absolute Gasteiger partial charge is 0.151 e. The van der Waals surface area contributed by atoms with E-state index >= 15 is 0 Å². The third-order valence-electron chi connectivity index (χ3n) is 2.63. The van der Waals surface area contributed by atoms with Gasteiger partial charge in [-0.05, 0) is 41.8 Å². The highest BCUT2D eigenvalue weighted by molar-refractivity contribution is 6.33. The largest absolute Gasteiger partial charge is 0.298 e. The molecule has 0 aliphatic carbocycles. The van der Waals surface area contributed by atoms with Crippen molar-refractivity contribution in [2.24, 2.45) is 0 Å². The molecule has 0 aliphatic rings. The number of halogens is 2. The van der Waals surface area contributed by atoms with Gasteiger partial charge < -0.3 is 0 Å². The second kappa shape index (κ2) is 4.91. The van der Waals surface area contributed by atoms with E-state index in [9.17, 15) is 4.79 Å². The molecule has 0 heterocycles. The highest BCUT2D eigenvalue weighted by Crippen LogP contribution is 2.27. The second-order valence-electron chi connectivity index (χ2n) is 3.82. The van der Waals surface area contributed by atoms with Crippen molar-refractivity contribution in [2.75, 3.05) is 0 Å². The lowest BCUT2D eigenvalue weighted by atomic mass is 10.0. The topological polar surface area (TPSA) is 17.1 Å². The van der Waals surface area contributed by atoms with Crippen molar-refractivity contribution in [1.82, 2.24) is 0 Å². The van der Waals surface area contributed by atoms with Gasteiger partial charge in [0.1, 0.15) is 0 Å². The monoisotopic (exact) mass is 264 g/mol. The zero-order chi connectivity index (χ0) is 12.4. The zero-order valence-electron chi connectivity index (χ0n) is 9.21. The van der Waals surface area contributed by atoms with Crippen LogP contribution >= 0.6 is 23.2 Å². The molecule has 0 radical (unpaired) electrons. The van der Waals surface area contributed by atoms with Crippen molar-refractivity contribution in [3.05, 3.63) is 57.6 Å². The molecule has 2 aromatic carbocycles. The molecule has 0 saturated carbocycles. The van der Waals surface area contributed by atoms with Crippen molar-refractivity contribution in [3.8, 4) is 11.1 Å². The van der Waals surface area contributed by atoms with Crippen LogP contribution in [-0.4, -0.2) is 6.29 Å². The molecule has 86 valence electrons. The van der Waals surface area contributed by atoms with Crippen LogP contribution in [0.25, 0.3) is 11.1 Å². The van der Waals surface area contributed by atoms with Gasteiger partial charge in [-0.25, -0.2) is 0 Å². The van der Waals surface area contributed by atoms with Crippen LogP contribution in [0.5, 0.6) is 0 Å². The minimum atomic E-state index is 0.460. The number of benzene rings is 2. The lowest BCUT2D eigenvalue weighted by Crippen LogP contribution is -1.85. The lowest BCUT2D eigenvalue weighted by Gasteiger charge is -2.06. The zero-order valence-corrected chi connectivity index (χ0v) is 10.7. The van der Waals surface area contributed by atoms with Crippen molar-refractivity contribution in [1.29, 1.82) is 0 Å². The van der Waals surface area contributed by atoms with E-state index in [1.54, 1.807) is 12.1 Å². The molecule has 3 heteroatoms. The molecule has 0 aliphatic heterocycles. The van der Waals surface area contributed by atoms with Crippen LogP contribution in [0.3, 0.4) is 0 Å². The first kappa shape index (κ1) is 12.2. The molecule has 0 spiro atoms. The van der Waals surface area contributed by atoms with Crippen LogP contribution in [0.15, 0.2) is 36.4 Å². The predicted molar refractivity (Wildman–Crippen MR) is 72.0 cm³/mol. The van der Waals surface area contributed by atoms with Gasteiger partial charge in [-0.3, -0.25) is 4.79 Å². The van der Waals surface area contributed by atoms with Crippen molar-refractivity contribution < 1.29 is 4.79 Å². The average Bonchev–Trinajstić information content (AvgIpc) is 2.33. The van der Waals surface area contributed by atoms with E-state index in [-0.39, 0.29) is 0 Å². The van der Waals surface area contributed by atoms with Crippen molar-refractivity contribution >= 4 is 29.5 Å². The quantitative estimate of drug-likeness (QED) is 0.714. The summed E-state index contributed by atoms with van der Waals surface area (Å²) < 4.78 is 0. The molecule has 2 rings (SSSR count). The Morgan fingerprint density at radius 1 is 0.941 bits per heavy atom. The average molecular weight is 265 g/mol. The van der Waals surface area contributed by atoms with E-state index in [4.69, 9.17) is 23.2 Å². The van der Waals surface area contributed by atoms with Crippen LogP contribution in [0.1, 0.15) is 15.9 Å². The Morgan fingerprint density at radius 3 is 2.24 bits per heavy atom. The van der Waals surface area contributed by atoms with Gasteiger partial charge >= 0.3 is 0 Å². The lowest BCUT2D eigenvalue weighted by molar-refractivity contribution is 0.112. The molecule has 17 heavy (non-hydrogen) atoms. The normalized spacial score (nSPS) is 10.3. The summed E-state index contributed by atoms with van der Waals surface area (Å²) in [7, 11) is 0. The van der Waals surface area contributed by atoms with Crippen LogP contribution < -0.4 is 0 Å². The Labute approximate surface area is 110 Å². The van der Waals surface area contributed by atoms with Gasteiger partial charge in [0.25, 0.3) is 0 Å². The number of carbonyl (C=O) groups is 1. The van der Waals surface area contributed by atoms with E-state index in [2.05, 4.69) is 0 Å². The molecule has 0 saturated heterocycles. The first-order valence-corrected chi connectivity index (χ1v) is 5.88. The Hall–Kier alpha value is -1.31. The number of carbonyl (C=O) groups excluding carboxylic acids is 1. The fourth-order valence-corrected chi connectivity index (χ4v) is 1.93. The minimum Gasteiger partial charge on any atom is -0.298 e. The van der Waals surface area contributed by atoms with Crippen molar-refractivity contribution in [2.45, 2.75) is 6.92 Å². The summed E-state index contributed by atoms with van der Waals surface area (Å²) in [6, 6.07) is 11.2. The number of rotatable bonds is 2. The fourth-order valence-electron chi connectivity index (χ4n) is 1.59. The second-order valence-corrected chi connectivity index (χ2v) is 4.63. The molecule has 1 nitrogen and oxygen atoms in total. The van der Waals surface area contributed by atoms with Gasteiger partial charge in [0, 0.05) is 10.6 Å². The Kier molecular flexibility index (Phi) is 3.51. The molecule has 0 fully saturated rings. The minimum absolute atomic E-state index is 0.460. The van der Waals surface area contributed by atoms with Crippen LogP contribution in [0.2, 0.25) is 10.0 Å². The third-order valence-corrected chi connectivity index (χ3v) is 3.38. The molecule has 0 bridgehead atoms. The summed E-state index contributed by atoms with van der Waals surface area (Å²) in [6.07, 6.45) is 0.752. The molecule has 0 unspecified atom stereocenters. The fraction of sp³-hybridized carbons (Fsp3) is 0.0714. The van der Waals surface area contributed by atoms with Crippen LogP contribution in [0, 0.1) is 6.92 Å². The van der Waals surface area contributed by atoms with Gasteiger partial charge in [0.05, 0.1) is 5.02 Å². The predicted octanol–water partition coefficient (Wildman–Crippen LogP) is 4.78. The van der Waals surface area contributed by atoms with E-state index in [1.165, 1.54) is 0 Å². The molecular formula is C14H10Cl2O. The third kappa shape index (κ3) is 2.51. The van der Waals surface area contributed by atoms with E-state index < -0.39 is 0 Å². The summed E-state index contributed by atoms with van der Waals surface area (Å²) in [5.74, 6) is 0. The van der Waals surface area contributed by atoms with Gasteiger partial charge in [-0.2, -0.15) is 0 Å². The maximum Gasteiger partial charge on any atom is 0.151 e. The van der Waals surface area contributed by atoms with Gasteiger partial charge in [0.15, 0.2) is 6.29 Å². The standard InChI is InChI=1S/C14H10Cl2O/c1-9-2-3-11(7-14(9)16)10-4-5-13(15)12(6-10)8-17/h2-8H,1H3. The molecular weight excluding hydrogens is 255 g/mol. The summed E-state index contributed by atoms with van der Waals surface area (Å²) >= 11 is 12.0. The highest BCUT2D eigenvalue weighted by Gasteiger charge is 2.04. The number of aldehydes is 1. The molecule has 0 amide bonds. The van der Waals surface area contributed by atoms with E-state index in [1.807, 2.05) is 31.2 Å². The van der Waals surface area contributed by atoms with Crippen LogP contribution in [0.4, 0.5) is 0 Å². The summed E-state index contributed by atoms with van der Waals surface area (Å²) in [5.41, 5.74) is 3.42. The van der Waals surface area contributed by atoms with Crippen molar-refractivity contribution in [3.63, 3.8) is 0 Å². The Balaban J connectivity index is 2.52. The van der Waals surface area contributed by atoms with Gasteiger partial charge in [0.2, 0.25) is 0 Å². The Bertz CT molecular complexity index is 576. The molecule has 2 aromatic rings. The molecule has 0 N–H and O–H groups in total. The summed E-state index contributed by atoms with van der Waals surface area (Å²) in [6.45, 7) is 1.95. The first-order valence-electron chi connectivity index (χ1n) is 5.13. The molecule has 0 aromatic heterocycles. The Morgan fingerprint density at radius 2 is 1.59 bits per heavy atom. The van der Waals surface area contributed by atoms with E-state index in [0.717, 1.165) is 23.0 Å². The van der Waals surface area contributed by atoms with Gasteiger partial charge in [-0.15, -0.1) is 0 Å².